The molecule has 1 N–H and O–H groups in total. The maximum atomic E-state index is 14.0. The number of nitrogens with one attached hydrogen (secondary N) is 1. The molecule has 5 nitrogen and oxygen atoms in total. The smallest absolute Gasteiger partial charge is 0.256 e. The van der Waals surface area contributed by atoms with Crippen molar-refractivity contribution in [1.29, 1.82) is 0 Å². The average Bonchev–Trinajstić information content (AvgIpc) is 3.02. The third kappa shape index (κ3) is 3.77. The molecule has 1 amide bonds. The quantitative estimate of drug-likeness (QED) is 0.709. The summed E-state index contributed by atoms with van der Waals surface area (Å²) in [4.78, 5) is 12.6. The van der Waals surface area contributed by atoms with Crippen molar-refractivity contribution in [2.45, 2.75) is 12.5 Å². The zero-order valence-corrected chi connectivity index (χ0v) is 15.0. The van der Waals surface area contributed by atoms with Crippen LogP contribution in [-0.2, 0) is 0 Å². The molecule has 0 aliphatic heterocycles. The first-order chi connectivity index (χ1) is 12.1. The first-order valence-corrected chi connectivity index (χ1v) is 9.42. The lowest BCUT2D eigenvalue weighted by Crippen LogP contribution is -2.31. The molecule has 0 aliphatic rings. The topological polar surface area (TPSA) is 59.3 Å². The van der Waals surface area contributed by atoms with Gasteiger partial charge in [-0.2, -0.15) is 11.8 Å². The van der Waals surface area contributed by atoms with Gasteiger partial charge in [0.25, 0.3) is 5.91 Å². The second-order valence-electron chi connectivity index (χ2n) is 5.39. The minimum atomic E-state index is -0.653. The predicted octanol–water partition coefficient (Wildman–Crippen LogP) is 3.75. The number of hydrogen-bond donors (Lipinski definition) is 1. The summed E-state index contributed by atoms with van der Waals surface area (Å²) in [5, 5.41) is 11.2. The summed E-state index contributed by atoms with van der Waals surface area (Å²) in [6.45, 7) is 0. The van der Waals surface area contributed by atoms with E-state index in [0.29, 0.717) is 17.9 Å². The van der Waals surface area contributed by atoms with E-state index in [4.69, 9.17) is 11.6 Å². The predicted molar refractivity (Wildman–Crippen MR) is 97.6 cm³/mol. The van der Waals surface area contributed by atoms with Crippen molar-refractivity contribution >= 4 is 34.9 Å². The van der Waals surface area contributed by atoms with Gasteiger partial charge in [-0.05, 0) is 42.7 Å². The Morgan fingerprint density at radius 3 is 2.92 bits per heavy atom. The fourth-order valence-corrected chi connectivity index (χ4v) is 3.26. The molecule has 0 radical (unpaired) electrons. The molecule has 1 atom stereocenters. The summed E-state index contributed by atoms with van der Waals surface area (Å²) in [6.07, 6.45) is 4.45. The number of benzene rings is 1. The highest BCUT2D eigenvalue weighted by molar-refractivity contribution is 7.98. The molecular weight excluding hydrogens is 363 g/mol. The van der Waals surface area contributed by atoms with Crippen molar-refractivity contribution in [3.63, 3.8) is 0 Å². The zero-order valence-electron chi connectivity index (χ0n) is 13.4. The minimum Gasteiger partial charge on any atom is -0.342 e. The Kier molecular flexibility index (Phi) is 5.55. The van der Waals surface area contributed by atoms with Gasteiger partial charge in [0.2, 0.25) is 0 Å². The van der Waals surface area contributed by atoms with Gasteiger partial charge in [-0.15, -0.1) is 10.2 Å². The molecule has 8 heteroatoms. The lowest BCUT2D eigenvalue weighted by molar-refractivity contribution is 0.0930. The van der Waals surface area contributed by atoms with Crippen LogP contribution in [0.2, 0.25) is 5.02 Å². The fraction of sp³-hybridized carbons (Fsp3) is 0.235. The molecular formula is C17H16ClFN4OS. The Bertz CT molecular complexity index is 881. The van der Waals surface area contributed by atoms with Crippen molar-refractivity contribution < 1.29 is 9.18 Å². The SMILES string of the molecule is CSCC[C@H](NC(=O)c1c(F)cccc1Cl)c1nnc2ccccn12. The van der Waals surface area contributed by atoms with E-state index in [9.17, 15) is 9.18 Å². The van der Waals surface area contributed by atoms with Crippen molar-refractivity contribution in [2.75, 3.05) is 12.0 Å². The molecule has 0 fully saturated rings. The van der Waals surface area contributed by atoms with Gasteiger partial charge in [0.1, 0.15) is 5.82 Å². The van der Waals surface area contributed by atoms with Gasteiger partial charge in [0.05, 0.1) is 16.6 Å². The highest BCUT2D eigenvalue weighted by Gasteiger charge is 2.23. The molecule has 3 rings (SSSR count). The Morgan fingerprint density at radius 2 is 2.16 bits per heavy atom. The molecule has 3 aromatic rings. The minimum absolute atomic E-state index is 0.0761. The van der Waals surface area contributed by atoms with Gasteiger partial charge in [-0.3, -0.25) is 9.20 Å². The molecule has 2 heterocycles. The second kappa shape index (κ2) is 7.84. The Morgan fingerprint density at radius 1 is 1.32 bits per heavy atom. The molecule has 130 valence electrons. The first-order valence-electron chi connectivity index (χ1n) is 7.65. The van der Waals surface area contributed by atoms with Crippen molar-refractivity contribution in [3.8, 4) is 0 Å². The van der Waals surface area contributed by atoms with Crippen LogP contribution < -0.4 is 5.32 Å². The van der Waals surface area contributed by atoms with Crippen LogP contribution in [0.25, 0.3) is 5.65 Å². The van der Waals surface area contributed by atoms with Crippen molar-refractivity contribution in [3.05, 3.63) is 64.8 Å². The van der Waals surface area contributed by atoms with Gasteiger partial charge in [-0.1, -0.05) is 23.7 Å². The maximum Gasteiger partial charge on any atom is 0.256 e. The molecule has 0 bridgehead atoms. The van der Waals surface area contributed by atoms with E-state index in [1.807, 2.05) is 35.1 Å². The first kappa shape index (κ1) is 17.7. The van der Waals surface area contributed by atoms with Crippen LogP contribution in [0.1, 0.15) is 28.6 Å². The van der Waals surface area contributed by atoms with E-state index in [2.05, 4.69) is 15.5 Å². The number of aromatic nitrogens is 3. The average molecular weight is 379 g/mol. The molecule has 1 aromatic carbocycles. The number of thioether (sulfide) groups is 1. The van der Waals surface area contributed by atoms with Crippen LogP contribution >= 0.6 is 23.4 Å². The molecule has 0 unspecified atom stereocenters. The molecule has 0 saturated heterocycles. The fourth-order valence-electron chi connectivity index (χ4n) is 2.54. The Hall–Kier alpha value is -2.12. The third-order valence-corrected chi connectivity index (χ3v) is 4.72. The summed E-state index contributed by atoms with van der Waals surface area (Å²) >= 11 is 7.65. The van der Waals surface area contributed by atoms with Crippen LogP contribution in [0, 0.1) is 5.82 Å². The van der Waals surface area contributed by atoms with Gasteiger partial charge < -0.3 is 5.32 Å². The zero-order chi connectivity index (χ0) is 17.8. The van der Waals surface area contributed by atoms with Gasteiger partial charge in [-0.25, -0.2) is 4.39 Å². The number of amides is 1. The highest BCUT2D eigenvalue weighted by Crippen LogP contribution is 2.22. The van der Waals surface area contributed by atoms with Crippen LogP contribution in [-0.4, -0.2) is 32.5 Å². The maximum absolute atomic E-state index is 14.0. The second-order valence-corrected chi connectivity index (χ2v) is 6.78. The van der Waals surface area contributed by atoms with E-state index in [1.54, 1.807) is 11.8 Å². The molecule has 0 spiro atoms. The summed E-state index contributed by atoms with van der Waals surface area (Å²) in [5.41, 5.74) is 0.525. The lowest BCUT2D eigenvalue weighted by Gasteiger charge is -2.17. The van der Waals surface area contributed by atoms with E-state index in [1.165, 1.54) is 18.2 Å². The van der Waals surface area contributed by atoms with Crippen LogP contribution in [0.15, 0.2) is 42.6 Å². The van der Waals surface area contributed by atoms with E-state index in [-0.39, 0.29) is 10.6 Å². The summed E-state index contributed by atoms with van der Waals surface area (Å²) in [6, 6.07) is 9.31. The Labute approximate surface area is 153 Å². The monoisotopic (exact) mass is 378 g/mol. The van der Waals surface area contributed by atoms with E-state index in [0.717, 1.165) is 5.75 Å². The standard InChI is InChI=1S/C17H16ClFN4OS/c1-25-10-8-13(16-22-21-14-7-2-3-9-23(14)16)20-17(24)15-11(18)5-4-6-12(15)19/h2-7,9,13H,8,10H2,1H3,(H,20,24)/t13-/m0/s1. The molecule has 0 aliphatic carbocycles. The third-order valence-electron chi connectivity index (χ3n) is 3.76. The number of rotatable bonds is 6. The van der Waals surface area contributed by atoms with E-state index >= 15 is 0 Å². The van der Waals surface area contributed by atoms with Crippen LogP contribution in [0.5, 0.6) is 0 Å². The summed E-state index contributed by atoms with van der Waals surface area (Å²) in [5.74, 6) is 0.185. The largest absolute Gasteiger partial charge is 0.342 e. The lowest BCUT2D eigenvalue weighted by atomic mass is 10.1. The number of pyridine rings is 1. The summed E-state index contributed by atoms with van der Waals surface area (Å²) in [7, 11) is 0. The van der Waals surface area contributed by atoms with Crippen LogP contribution in [0.4, 0.5) is 4.39 Å². The van der Waals surface area contributed by atoms with Crippen molar-refractivity contribution in [1.82, 2.24) is 19.9 Å². The normalized spacial score (nSPS) is 12.3. The number of carbonyl (C=O) groups is 1. The number of halogens is 2. The van der Waals surface area contributed by atoms with Gasteiger partial charge in [0.15, 0.2) is 11.5 Å². The molecule has 0 saturated carbocycles. The van der Waals surface area contributed by atoms with Gasteiger partial charge >= 0.3 is 0 Å². The van der Waals surface area contributed by atoms with Crippen molar-refractivity contribution in [2.24, 2.45) is 0 Å². The highest BCUT2D eigenvalue weighted by atomic mass is 35.5. The number of hydrogen-bond acceptors (Lipinski definition) is 4. The summed E-state index contributed by atoms with van der Waals surface area (Å²) < 4.78 is 15.8. The Balaban J connectivity index is 1.92. The molecule has 25 heavy (non-hydrogen) atoms. The van der Waals surface area contributed by atoms with Gasteiger partial charge in [0, 0.05) is 6.20 Å². The number of nitrogens with zero attached hydrogens (tertiary/aromatic N) is 3. The number of carbonyl (C=O) groups excluding carboxylic acids is 1. The van der Waals surface area contributed by atoms with E-state index < -0.39 is 17.8 Å². The number of fused-ring (bicyclic) bond motifs is 1. The molecule has 2 aromatic heterocycles. The van der Waals surface area contributed by atoms with Crippen LogP contribution in [0.3, 0.4) is 0 Å².